The van der Waals surface area contributed by atoms with E-state index in [1.54, 1.807) is 27.5 Å². The number of methoxy groups -OCH3 is 2. The Morgan fingerprint density at radius 2 is 1.48 bits per heavy atom. The number of nitrogens with one attached hydrogen (secondary N) is 1. The van der Waals surface area contributed by atoms with Crippen LogP contribution >= 0.6 is 0 Å². The van der Waals surface area contributed by atoms with Crippen LogP contribution in [0.4, 0.5) is 5.95 Å². The van der Waals surface area contributed by atoms with E-state index in [1.165, 1.54) is 0 Å². The summed E-state index contributed by atoms with van der Waals surface area (Å²) in [5, 5.41) is 3.89. The molecule has 0 spiro atoms. The summed E-state index contributed by atoms with van der Waals surface area (Å²) in [6.07, 6.45) is 1.68. The first kappa shape index (κ1) is 21.0. The van der Waals surface area contributed by atoms with Crippen LogP contribution in [0, 0.1) is 0 Å². The van der Waals surface area contributed by atoms with Gasteiger partial charge >= 0.3 is 0 Å². The van der Waals surface area contributed by atoms with Gasteiger partial charge in [-0.3, -0.25) is 0 Å². The molecule has 0 amide bonds. The lowest BCUT2D eigenvalue weighted by Gasteiger charge is -2.13. The molecule has 158 valence electrons. The van der Waals surface area contributed by atoms with E-state index in [1.807, 2.05) is 54.6 Å². The lowest BCUT2D eigenvalue weighted by molar-refractivity contribution is 0.356. The van der Waals surface area contributed by atoms with Gasteiger partial charge in [-0.15, -0.1) is 0 Å². The van der Waals surface area contributed by atoms with Crippen molar-refractivity contribution in [2.24, 2.45) is 0 Å². The normalized spacial score (nSPS) is 11.9. The van der Waals surface area contributed by atoms with E-state index < -0.39 is 11.2 Å². The minimum Gasteiger partial charge on any atom is -0.612 e. The monoisotopic (exact) mass is 433 g/mol. The third kappa shape index (κ3) is 4.15. The van der Waals surface area contributed by atoms with Gasteiger partial charge in [0.05, 0.1) is 25.4 Å². The van der Waals surface area contributed by atoms with Gasteiger partial charge in [-0.2, -0.15) is 0 Å². The molecule has 6 nitrogen and oxygen atoms in total. The minimum absolute atomic E-state index is 0.517. The number of ether oxygens (including phenoxy) is 2. The van der Waals surface area contributed by atoms with Gasteiger partial charge in [0, 0.05) is 30.1 Å². The first-order valence-corrected chi connectivity index (χ1v) is 11.3. The number of hydrogen-bond donors (Lipinski definition) is 1. The van der Waals surface area contributed by atoms with Crippen molar-refractivity contribution in [2.45, 2.75) is 4.90 Å². The maximum absolute atomic E-state index is 11.9. The van der Waals surface area contributed by atoms with Gasteiger partial charge in [-0.1, -0.05) is 30.3 Å². The van der Waals surface area contributed by atoms with Gasteiger partial charge in [0.1, 0.15) is 6.26 Å². The Morgan fingerprint density at radius 1 is 0.839 bits per heavy atom. The average molecular weight is 434 g/mol. The van der Waals surface area contributed by atoms with Crippen LogP contribution in [0.1, 0.15) is 0 Å². The maximum Gasteiger partial charge on any atom is 0.223 e. The van der Waals surface area contributed by atoms with Crippen molar-refractivity contribution < 1.29 is 14.0 Å². The zero-order chi connectivity index (χ0) is 22.0. The highest BCUT2D eigenvalue weighted by molar-refractivity contribution is 7.90. The number of hydrogen-bond acceptors (Lipinski definition) is 6. The maximum atomic E-state index is 11.9. The minimum atomic E-state index is -1.04. The second-order valence-electron chi connectivity index (χ2n) is 6.93. The highest BCUT2D eigenvalue weighted by Gasteiger charge is 2.15. The van der Waals surface area contributed by atoms with Gasteiger partial charge in [0.2, 0.25) is 5.95 Å². The van der Waals surface area contributed by atoms with E-state index in [-0.39, 0.29) is 0 Å². The quantitative estimate of drug-likeness (QED) is 0.442. The Hall–Kier alpha value is -3.29. The molecule has 0 aliphatic carbocycles. The molecule has 0 aliphatic heterocycles. The number of nitrogens with zero attached hydrogens (tertiary/aromatic N) is 2. The number of fused-ring (bicyclic) bond motifs is 1. The molecule has 0 saturated heterocycles. The molecule has 0 aliphatic rings. The summed E-state index contributed by atoms with van der Waals surface area (Å²) in [5.74, 6) is 1.75. The van der Waals surface area contributed by atoms with Gasteiger partial charge in [0.15, 0.2) is 16.4 Å². The molecule has 1 atom stereocenters. The third-order valence-electron chi connectivity index (χ3n) is 5.06. The largest absolute Gasteiger partial charge is 0.612 e. The molecule has 0 bridgehead atoms. The fourth-order valence-corrected chi connectivity index (χ4v) is 4.05. The summed E-state index contributed by atoms with van der Waals surface area (Å²) >= 11 is -1.04. The average Bonchev–Trinajstić information content (AvgIpc) is 2.82. The van der Waals surface area contributed by atoms with Crippen LogP contribution in [0.5, 0.6) is 11.5 Å². The summed E-state index contributed by atoms with van der Waals surface area (Å²) in [7, 11) is 5.00. The molecule has 4 aromatic rings. The molecule has 1 heterocycles. The predicted molar refractivity (Wildman–Crippen MR) is 125 cm³/mol. The highest BCUT2D eigenvalue weighted by atomic mass is 32.2. The van der Waals surface area contributed by atoms with Crippen molar-refractivity contribution in [3.05, 3.63) is 60.7 Å². The first-order chi connectivity index (χ1) is 15.0. The molecule has 31 heavy (non-hydrogen) atoms. The lowest BCUT2D eigenvalue weighted by atomic mass is 9.99. The van der Waals surface area contributed by atoms with E-state index in [0.29, 0.717) is 17.4 Å². The van der Waals surface area contributed by atoms with Crippen LogP contribution in [0.15, 0.2) is 65.6 Å². The van der Waals surface area contributed by atoms with Crippen molar-refractivity contribution in [1.82, 2.24) is 9.97 Å². The van der Waals surface area contributed by atoms with Crippen molar-refractivity contribution >= 4 is 28.0 Å². The van der Waals surface area contributed by atoms with Crippen LogP contribution in [-0.4, -0.2) is 42.0 Å². The molecular weight excluding hydrogens is 410 g/mol. The van der Waals surface area contributed by atoms with E-state index in [2.05, 4.69) is 16.4 Å². The lowest BCUT2D eigenvalue weighted by Crippen LogP contribution is -2.00. The molecule has 1 unspecified atom stereocenters. The van der Waals surface area contributed by atoms with Crippen molar-refractivity contribution in [3.8, 4) is 33.9 Å². The van der Waals surface area contributed by atoms with Crippen LogP contribution in [0.3, 0.4) is 0 Å². The van der Waals surface area contributed by atoms with Gasteiger partial charge < -0.3 is 19.3 Å². The van der Waals surface area contributed by atoms with Gasteiger partial charge in [-0.25, -0.2) is 9.97 Å². The zero-order valence-corrected chi connectivity index (χ0v) is 18.6. The summed E-state index contributed by atoms with van der Waals surface area (Å²) in [6.45, 7) is 0. The van der Waals surface area contributed by atoms with Crippen molar-refractivity contribution in [3.63, 3.8) is 0 Å². The van der Waals surface area contributed by atoms with E-state index in [0.717, 1.165) is 38.2 Å². The van der Waals surface area contributed by atoms with Crippen molar-refractivity contribution in [1.29, 1.82) is 0 Å². The topological polar surface area (TPSA) is 79.3 Å². The zero-order valence-electron chi connectivity index (χ0n) is 17.8. The number of rotatable bonds is 6. The Balaban J connectivity index is 1.90. The fourth-order valence-electron chi connectivity index (χ4n) is 3.49. The summed E-state index contributed by atoms with van der Waals surface area (Å²) < 4.78 is 22.8. The van der Waals surface area contributed by atoms with Gasteiger partial charge in [-0.05, 0) is 40.5 Å². The molecule has 1 N–H and O–H groups in total. The number of anilines is 1. The Kier molecular flexibility index (Phi) is 5.97. The number of benzene rings is 3. The van der Waals surface area contributed by atoms with E-state index in [4.69, 9.17) is 14.5 Å². The van der Waals surface area contributed by atoms with E-state index in [9.17, 15) is 4.55 Å². The molecule has 3 aromatic carbocycles. The standard InChI is InChI=1S/C24H23N3O3S/c1-25-24-26-20-14-22(30-3)21(29-2)13-19(20)23(27-24)17-9-5-7-15(11-17)16-8-6-10-18(12-16)31(4)28/h5-14H,1-4H3,(H,25,26,27). The second kappa shape index (κ2) is 8.83. The van der Waals surface area contributed by atoms with Crippen molar-refractivity contribution in [2.75, 3.05) is 32.8 Å². The molecule has 1 aromatic heterocycles. The fraction of sp³-hybridized carbons (Fsp3) is 0.167. The van der Waals surface area contributed by atoms with Gasteiger partial charge in [0.25, 0.3) is 0 Å². The molecule has 7 heteroatoms. The Morgan fingerprint density at radius 3 is 2.16 bits per heavy atom. The summed E-state index contributed by atoms with van der Waals surface area (Å²) in [6, 6.07) is 19.6. The predicted octanol–water partition coefficient (Wildman–Crippen LogP) is 4.76. The molecule has 0 radical (unpaired) electrons. The molecular formula is C24H23N3O3S. The van der Waals surface area contributed by atoms with Crippen LogP contribution in [0.25, 0.3) is 33.3 Å². The molecule has 0 fully saturated rings. The van der Waals surface area contributed by atoms with E-state index >= 15 is 0 Å². The Labute approximate surface area is 184 Å². The SMILES string of the molecule is CNc1nc(-c2cccc(-c3cccc([S+](C)[O-])c3)c2)c2cc(OC)c(OC)cc2n1. The molecule has 4 rings (SSSR count). The highest BCUT2D eigenvalue weighted by Crippen LogP contribution is 2.37. The summed E-state index contributed by atoms with van der Waals surface area (Å²) in [4.78, 5) is 10.1. The summed E-state index contributed by atoms with van der Waals surface area (Å²) in [5.41, 5.74) is 4.49. The Bertz CT molecular complexity index is 1240. The third-order valence-corrected chi connectivity index (χ3v) is 5.98. The van der Waals surface area contributed by atoms with Crippen LogP contribution in [-0.2, 0) is 11.2 Å². The van der Waals surface area contributed by atoms with Crippen LogP contribution < -0.4 is 14.8 Å². The smallest absolute Gasteiger partial charge is 0.223 e. The number of aromatic nitrogens is 2. The molecule has 0 saturated carbocycles. The first-order valence-electron chi connectivity index (χ1n) is 9.70. The second-order valence-corrected chi connectivity index (χ2v) is 8.31. The van der Waals surface area contributed by atoms with Crippen LogP contribution in [0.2, 0.25) is 0 Å².